The third-order valence-corrected chi connectivity index (χ3v) is 3.75. The molecule has 2 aromatic rings. The fourth-order valence-electron chi connectivity index (χ4n) is 2.37. The second-order valence-corrected chi connectivity index (χ2v) is 5.64. The van der Waals surface area contributed by atoms with E-state index >= 15 is 0 Å². The highest BCUT2D eigenvalue weighted by molar-refractivity contribution is 5.95. The predicted octanol–water partition coefficient (Wildman–Crippen LogP) is 3.13. The van der Waals surface area contributed by atoms with Crippen LogP contribution in [0.25, 0.3) is 0 Å². The number of ether oxygens (including phenoxy) is 1. The minimum absolute atomic E-state index is 0.0582. The highest BCUT2D eigenvalue weighted by Gasteiger charge is 2.15. The Labute approximate surface area is 154 Å². The number of esters is 1. The molecule has 8 heteroatoms. The highest BCUT2D eigenvalue weighted by atomic mass is 19.2. The van der Waals surface area contributed by atoms with Crippen molar-refractivity contribution in [3.63, 3.8) is 0 Å². The second-order valence-electron chi connectivity index (χ2n) is 5.64. The van der Waals surface area contributed by atoms with Crippen molar-refractivity contribution in [2.45, 2.75) is 13.3 Å². The number of hydrogen-bond donors (Lipinski definition) is 1. The Morgan fingerprint density at radius 1 is 1.04 bits per heavy atom. The van der Waals surface area contributed by atoms with Gasteiger partial charge in [0.1, 0.15) is 0 Å². The second kappa shape index (κ2) is 8.88. The summed E-state index contributed by atoms with van der Waals surface area (Å²) in [5, 5.41) is 2.44. The van der Waals surface area contributed by atoms with Crippen LogP contribution in [-0.2, 0) is 14.3 Å². The lowest BCUT2D eigenvalue weighted by molar-refractivity contribution is -0.117. The van der Waals surface area contributed by atoms with Gasteiger partial charge in [0.05, 0.1) is 12.7 Å². The van der Waals surface area contributed by atoms with Gasteiger partial charge in [-0.25, -0.2) is 13.6 Å². The molecule has 0 saturated carbocycles. The highest BCUT2D eigenvalue weighted by Crippen LogP contribution is 2.17. The zero-order chi connectivity index (χ0) is 20.0. The van der Waals surface area contributed by atoms with Crippen LogP contribution in [0, 0.1) is 11.6 Å². The summed E-state index contributed by atoms with van der Waals surface area (Å²) >= 11 is 0. The fraction of sp³-hybridized carbons (Fsp3) is 0.211. The molecule has 0 aliphatic heterocycles. The number of rotatable bonds is 6. The Bertz CT molecular complexity index is 853. The number of halogens is 2. The summed E-state index contributed by atoms with van der Waals surface area (Å²) in [4.78, 5) is 36.7. The molecule has 6 nitrogen and oxygen atoms in total. The van der Waals surface area contributed by atoms with Crippen molar-refractivity contribution in [1.82, 2.24) is 0 Å². The minimum atomic E-state index is -1.07. The van der Waals surface area contributed by atoms with Crippen LogP contribution in [-0.4, -0.2) is 31.4 Å². The van der Waals surface area contributed by atoms with Gasteiger partial charge in [-0.15, -0.1) is 0 Å². The van der Waals surface area contributed by atoms with E-state index in [9.17, 15) is 23.2 Å². The maximum absolute atomic E-state index is 13.2. The SMILES string of the molecule is COC(=O)c1ccc(N(CCC(=O)Nc2ccc(F)c(F)c2)C(C)=O)cc1. The molecule has 0 heterocycles. The Morgan fingerprint density at radius 3 is 2.26 bits per heavy atom. The summed E-state index contributed by atoms with van der Waals surface area (Å²) in [7, 11) is 1.27. The minimum Gasteiger partial charge on any atom is -0.465 e. The van der Waals surface area contributed by atoms with Crippen molar-refractivity contribution in [2.24, 2.45) is 0 Å². The van der Waals surface area contributed by atoms with Crippen molar-refractivity contribution >= 4 is 29.2 Å². The van der Waals surface area contributed by atoms with Gasteiger partial charge in [-0.05, 0) is 36.4 Å². The molecule has 2 amide bonds. The van der Waals surface area contributed by atoms with Crippen LogP contribution in [0.5, 0.6) is 0 Å². The van der Waals surface area contributed by atoms with E-state index in [2.05, 4.69) is 10.1 Å². The first kappa shape index (κ1) is 20.0. The fourth-order valence-corrected chi connectivity index (χ4v) is 2.37. The predicted molar refractivity (Wildman–Crippen MR) is 95.4 cm³/mol. The molecule has 2 rings (SSSR count). The Balaban J connectivity index is 2.01. The number of hydrogen-bond acceptors (Lipinski definition) is 4. The zero-order valence-electron chi connectivity index (χ0n) is 14.8. The van der Waals surface area contributed by atoms with E-state index in [0.29, 0.717) is 11.3 Å². The third kappa shape index (κ3) is 5.34. The standard InChI is InChI=1S/C19H18F2N2O4/c1-12(24)23(15-6-3-13(4-7-15)19(26)27-2)10-9-18(25)22-14-5-8-16(20)17(21)11-14/h3-8,11H,9-10H2,1-2H3,(H,22,25). The smallest absolute Gasteiger partial charge is 0.337 e. The molecule has 0 atom stereocenters. The quantitative estimate of drug-likeness (QED) is 0.786. The van der Waals surface area contributed by atoms with Crippen LogP contribution in [0.15, 0.2) is 42.5 Å². The van der Waals surface area contributed by atoms with Crippen LogP contribution >= 0.6 is 0 Å². The Morgan fingerprint density at radius 2 is 1.70 bits per heavy atom. The summed E-state index contributed by atoms with van der Waals surface area (Å²) in [6.45, 7) is 1.42. The number of carbonyl (C=O) groups is 3. The third-order valence-electron chi connectivity index (χ3n) is 3.75. The van der Waals surface area contributed by atoms with Crippen LogP contribution in [0.3, 0.4) is 0 Å². The van der Waals surface area contributed by atoms with Crippen molar-refractivity contribution in [2.75, 3.05) is 23.9 Å². The first-order valence-corrected chi connectivity index (χ1v) is 8.03. The van der Waals surface area contributed by atoms with Crippen LogP contribution in [0.4, 0.5) is 20.2 Å². The Kier molecular flexibility index (Phi) is 6.59. The van der Waals surface area contributed by atoms with Crippen molar-refractivity contribution in [3.8, 4) is 0 Å². The number of nitrogens with one attached hydrogen (secondary N) is 1. The van der Waals surface area contributed by atoms with E-state index in [1.54, 1.807) is 12.1 Å². The van der Waals surface area contributed by atoms with Crippen LogP contribution in [0.1, 0.15) is 23.7 Å². The number of methoxy groups -OCH3 is 1. The molecule has 0 unspecified atom stereocenters. The number of anilines is 2. The van der Waals surface area contributed by atoms with Gasteiger partial charge in [0.15, 0.2) is 11.6 Å². The van der Waals surface area contributed by atoms with Gasteiger partial charge in [0.25, 0.3) is 0 Å². The molecule has 0 fully saturated rings. The molecular weight excluding hydrogens is 358 g/mol. The lowest BCUT2D eigenvalue weighted by Crippen LogP contribution is -2.32. The molecule has 27 heavy (non-hydrogen) atoms. The van der Waals surface area contributed by atoms with Gasteiger partial charge in [0.2, 0.25) is 11.8 Å². The number of carbonyl (C=O) groups excluding carboxylic acids is 3. The van der Waals surface area contributed by atoms with Gasteiger partial charge < -0.3 is 15.0 Å². The molecule has 0 aliphatic rings. The average Bonchev–Trinajstić information content (AvgIpc) is 2.64. The summed E-state index contributed by atoms with van der Waals surface area (Å²) < 4.78 is 30.7. The lowest BCUT2D eigenvalue weighted by atomic mass is 10.2. The van der Waals surface area contributed by atoms with Gasteiger partial charge in [-0.3, -0.25) is 9.59 Å². The first-order chi connectivity index (χ1) is 12.8. The number of amides is 2. The summed E-state index contributed by atoms with van der Waals surface area (Å²) in [6.07, 6.45) is -0.0582. The van der Waals surface area contributed by atoms with E-state index in [0.717, 1.165) is 12.1 Å². The average molecular weight is 376 g/mol. The Hall–Kier alpha value is -3.29. The summed E-state index contributed by atoms with van der Waals surface area (Å²) in [5.74, 6) is -3.32. The molecule has 0 saturated heterocycles. The maximum atomic E-state index is 13.2. The van der Waals surface area contributed by atoms with E-state index in [4.69, 9.17) is 0 Å². The largest absolute Gasteiger partial charge is 0.465 e. The molecule has 1 N–H and O–H groups in total. The number of benzene rings is 2. The molecule has 0 bridgehead atoms. The van der Waals surface area contributed by atoms with E-state index in [1.165, 1.54) is 37.1 Å². The van der Waals surface area contributed by atoms with E-state index in [1.807, 2.05) is 0 Å². The number of nitrogens with zero attached hydrogens (tertiary/aromatic N) is 1. The molecular formula is C19H18F2N2O4. The summed E-state index contributed by atoms with van der Waals surface area (Å²) in [5.41, 5.74) is 0.965. The molecule has 0 aromatic heterocycles. The van der Waals surface area contributed by atoms with Crippen molar-refractivity contribution < 1.29 is 27.9 Å². The van der Waals surface area contributed by atoms with Crippen molar-refractivity contribution in [3.05, 3.63) is 59.7 Å². The molecule has 0 radical (unpaired) electrons. The molecule has 2 aromatic carbocycles. The zero-order valence-corrected chi connectivity index (χ0v) is 14.8. The van der Waals surface area contributed by atoms with E-state index in [-0.39, 0.29) is 24.6 Å². The van der Waals surface area contributed by atoms with Gasteiger partial charge in [-0.2, -0.15) is 0 Å². The first-order valence-electron chi connectivity index (χ1n) is 8.03. The molecule has 0 spiro atoms. The van der Waals surface area contributed by atoms with Gasteiger partial charge in [0, 0.05) is 37.3 Å². The van der Waals surface area contributed by atoms with Crippen molar-refractivity contribution in [1.29, 1.82) is 0 Å². The normalized spacial score (nSPS) is 10.2. The lowest BCUT2D eigenvalue weighted by Gasteiger charge is -2.21. The topological polar surface area (TPSA) is 75.7 Å². The monoisotopic (exact) mass is 376 g/mol. The summed E-state index contributed by atoms with van der Waals surface area (Å²) in [6, 6.07) is 9.19. The maximum Gasteiger partial charge on any atom is 0.337 e. The molecule has 142 valence electrons. The van der Waals surface area contributed by atoms with E-state index < -0.39 is 23.5 Å². The van der Waals surface area contributed by atoms with Crippen LogP contribution < -0.4 is 10.2 Å². The molecule has 0 aliphatic carbocycles. The van der Waals surface area contributed by atoms with Gasteiger partial charge >= 0.3 is 5.97 Å². The van der Waals surface area contributed by atoms with Gasteiger partial charge in [-0.1, -0.05) is 0 Å². The van der Waals surface area contributed by atoms with Crippen LogP contribution in [0.2, 0.25) is 0 Å².